The Morgan fingerprint density at radius 1 is 1.23 bits per heavy atom. The van der Waals surface area contributed by atoms with E-state index in [1.54, 1.807) is 43.3 Å². The monoisotopic (exact) mass is 403 g/mol. The number of allylic oxidation sites excluding steroid dienone is 4. The van der Waals surface area contributed by atoms with Gasteiger partial charge in [-0.2, -0.15) is 5.26 Å². The second kappa shape index (κ2) is 10.1. The van der Waals surface area contributed by atoms with Crippen LogP contribution in [0.25, 0.3) is 11.8 Å². The van der Waals surface area contributed by atoms with E-state index in [1.807, 2.05) is 49.6 Å². The Hall–Kier alpha value is -3.85. The lowest BCUT2D eigenvalue weighted by Gasteiger charge is -2.10. The summed E-state index contributed by atoms with van der Waals surface area (Å²) in [7, 11) is 0. The van der Waals surface area contributed by atoms with Gasteiger partial charge in [0.15, 0.2) is 0 Å². The fraction of sp³-hybridized carbons (Fsp3) is 0.208. The lowest BCUT2D eigenvalue weighted by Crippen LogP contribution is -2.22. The van der Waals surface area contributed by atoms with Crippen LogP contribution in [0.15, 0.2) is 59.8 Å². The maximum atomic E-state index is 12.5. The predicted molar refractivity (Wildman–Crippen MR) is 117 cm³/mol. The van der Waals surface area contributed by atoms with Crippen molar-refractivity contribution in [3.05, 3.63) is 82.3 Å². The Bertz CT molecular complexity index is 1080. The van der Waals surface area contributed by atoms with Gasteiger partial charge in [-0.05, 0) is 75.2 Å². The maximum absolute atomic E-state index is 12.5. The standard InChI is InChI=1S/C24H25N3O3/c1-5-6-7-8-16(2)26-23(28)21(15-25)14-20-13-17(3)27(18(20)4)22-11-9-19(10-12-22)24(29)30/h6-14H,5H2,1-4H3,(H,26,28)(H,29,30)/b7-6-,16-8+,21-14-. The van der Waals surface area contributed by atoms with Crippen LogP contribution in [0.2, 0.25) is 0 Å². The molecule has 0 atom stereocenters. The highest BCUT2D eigenvalue weighted by Gasteiger charge is 2.14. The van der Waals surface area contributed by atoms with Crippen LogP contribution >= 0.6 is 0 Å². The molecule has 0 aliphatic heterocycles. The van der Waals surface area contributed by atoms with E-state index in [9.17, 15) is 14.9 Å². The first-order valence-corrected chi connectivity index (χ1v) is 9.57. The van der Waals surface area contributed by atoms with Gasteiger partial charge in [-0.1, -0.05) is 19.1 Å². The van der Waals surface area contributed by atoms with Gasteiger partial charge in [0.25, 0.3) is 5.91 Å². The minimum absolute atomic E-state index is 0.00342. The van der Waals surface area contributed by atoms with Crippen LogP contribution < -0.4 is 5.32 Å². The molecular weight excluding hydrogens is 378 g/mol. The summed E-state index contributed by atoms with van der Waals surface area (Å²) in [6, 6.07) is 10.4. The zero-order valence-corrected chi connectivity index (χ0v) is 17.6. The molecule has 30 heavy (non-hydrogen) atoms. The molecule has 0 aliphatic carbocycles. The average molecular weight is 403 g/mol. The van der Waals surface area contributed by atoms with Crippen molar-refractivity contribution < 1.29 is 14.7 Å². The minimum Gasteiger partial charge on any atom is -0.478 e. The van der Waals surface area contributed by atoms with Crippen molar-refractivity contribution in [1.82, 2.24) is 9.88 Å². The fourth-order valence-electron chi connectivity index (χ4n) is 3.02. The maximum Gasteiger partial charge on any atom is 0.335 e. The molecule has 0 saturated carbocycles. The number of hydrogen-bond acceptors (Lipinski definition) is 3. The van der Waals surface area contributed by atoms with Crippen molar-refractivity contribution in [3.8, 4) is 11.8 Å². The van der Waals surface area contributed by atoms with Crippen molar-refractivity contribution in [2.75, 3.05) is 0 Å². The second-order valence-corrected chi connectivity index (χ2v) is 6.82. The van der Waals surface area contributed by atoms with Crippen molar-refractivity contribution in [2.24, 2.45) is 0 Å². The molecule has 0 radical (unpaired) electrons. The van der Waals surface area contributed by atoms with Gasteiger partial charge in [0.05, 0.1) is 5.56 Å². The zero-order chi connectivity index (χ0) is 22.3. The largest absolute Gasteiger partial charge is 0.478 e. The van der Waals surface area contributed by atoms with E-state index in [2.05, 4.69) is 5.32 Å². The summed E-state index contributed by atoms with van der Waals surface area (Å²) in [5.74, 6) is -1.45. The SMILES string of the molecule is CC/C=C\C=C(/C)NC(=O)/C(C#N)=C\c1cc(C)n(-c2ccc(C(=O)O)cc2)c1C. The topological polar surface area (TPSA) is 95.1 Å². The van der Waals surface area contributed by atoms with Crippen LogP contribution in [0.4, 0.5) is 0 Å². The molecule has 2 N–H and O–H groups in total. The summed E-state index contributed by atoms with van der Waals surface area (Å²) < 4.78 is 1.95. The number of carbonyl (C=O) groups excluding carboxylic acids is 1. The Balaban J connectivity index is 2.34. The van der Waals surface area contributed by atoms with Gasteiger partial charge in [-0.15, -0.1) is 0 Å². The highest BCUT2D eigenvalue weighted by Crippen LogP contribution is 2.23. The number of carboxylic acid groups (broad SMARTS) is 1. The molecule has 2 rings (SSSR count). The highest BCUT2D eigenvalue weighted by atomic mass is 16.4. The van der Waals surface area contributed by atoms with E-state index in [0.717, 1.165) is 29.1 Å². The first-order chi connectivity index (χ1) is 14.3. The summed E-state index contributed by atoms with van der Waals surface area (Å²) in [5.41, 5.74) is 4.16. The van der Waals surface area contributed by atoms with Gasteiger partial charge < -0.3 is 15.0 Å². The first kappa shape index (κ1) is 22.4. The second-order valence-electron chi connectivity index (χ2n) is 6.82. The summed E-state index contributed by atoms with van der Waals surface area (Å²) in [4.78, 5) is 23.5. The van der Waals surface area contributed by atoms with Crippen LogP contribution in [0, 0.1) is 25.2 Å². The van der Waals surface area contributed by atoms with Gasteiger partial charge in [0.1, 0.15) is 11.6 Å². The van der Waals surface area contributed by atoms with Gasteiger partial charge in [-0.25, -0.2) is 4.79 Å². The molecule has 1 amide bonds. The number of nitrogens with one attached hydrogen (secondary N) is 1. The number of amides is 1. The van der Waals surface area contributed by atoms with E-state index in [0.29, 0.717) is 5.70 Å². The van der Waals surface area contributed by atoms with Crippen LogP contribution in [-0.4, -0.2) is 21.6 Å². The molecule has 0 saturated heterocycles. The molecule has 6 heteroatoms. The Labute approximate surface area is 176 Å². The van der Waals surface area contributed by atoms with E-state index < -0.39 is 11.9 Å². The molecule has 0 aliphatic rings. The van der Waals surface area contributed by atoms with Crippen LogP contribution in [0.5, 0.6) is 0 Å². The molecule has 1 aromatic heterocycles. The molecule has 154 valence electrons. The van der Waals surface area contributed by atoms with Crippen LogP contribution in [-0.2, 0) is 4.79 Å². The van der Waals surface area contributed by atoms with Gasteiger partial charge >= 0.3 is 5.97 Å². The number of aromatic carboxylic acids is 1. The molecule has 1 aromatic carbocycles. The number of nitrogens with zero attached hydrogens (tertiary/aromatic N) is 2. The third kappa shape index (κ3) is 5.36. The quantitative estimate of drug-likeness (QED) is 0.398. The molecule has 0 fully saturated rings. The smallest absolute Gasteiger partial charge is 0.335 e. The minimum atomic E-state index is -0.981. The number of carboxylic acids is 1. The normalized spacial score (nSPS) is 12.1. The zero-order valence-electron chi connectivity index (χ0n) is 17.6. The average Bonchev–Trinajstić information content (AvgIpc) is 2.99. The predicted octanol–water partition coefficient (Wildman–Crippen LogP) is 4.69. The van der Waals surface area contributed by atoms with Crippen molar-refractivity contribution in [1.29, 1.82) is 5.26 Å². The van der Waals surface area contributed by atoms with Crippen molar-refractivity contribution in [2.45, 2.75) is 34.1 Å². The Morgan fingerprint density at radius 2 is 1.90 bits per heavy atom. The fourth-order valence-corrected chi connectivity index (χ4v) is 3.02. The number of nitriles is 1. The van der Waals surface area contributed by atoms with Gasteiger partial charge in [-0.3, -0.25) is 4.79 Å². The summed E-state index contributed by atoms with van der Waals surface area (Å²) in [6.07, 6.45) is 8.07. The first-order valence-electron chi connectivity index (χ1n) is 9.57. The summed E-state index contributed by atoms with van der Waals surface area (Å²) >= 11 is 0. The third-order valence-corrected chi connectivity index (χ3v) is 4.54. The number of benzene rings is 1. The third-order valence-electron chi connectivity index (χ3n) is 4.54. The molecule has 0 spiro atoms. The number of hydrogen-bond donors (Lipinski definition) is 2. The van der Waals surface area contributed by atoms with E-state index in [1.165, 1.54) is 0 Å². The van der Waals surface area contributed by atoms with Crippen LogP contribution in [0.3, 0.4) is 0 Å². The van der Waals surface area contributed by atoms with Gasteiger partial charge in [0.2, 0.25) is 0 Å². The number of aromatic nitrogens is 1. The molecule has 0 unspecified atom stereocenters. The number of rotatable bonds is 7. The summed E-state index contributed by atoms with van der Waals surface area (Å²) in [6.45, 7) is 7.58. The molecule has 0 bridgehead atoms. The highest BCUT2D eigenvalue weighted by molar-refractivity contribution is 6.02. The summed E-state index contributed by atoms with van der Waals surface area (Å²) in [5, 5.41) is 21.3. The number of aryl methyl sites for hydroxylation is 1. The Kier molecular flexibility index (Phi) is 7.54. The van der Waals surface area contributed by atoms with E-state index >= 15 is 0 Å². The van der Waals surface area contributed by atoms with E-state index in [-0.39, 0.29) is 11.1 Å². The molecule has 6 nitrogen and oxygen atoms in total. The molecular formula is C24H25N3O3. The molecule has 2 aromatic rings. The number of carbonyl (C=O) groups is 2. The lowest BCUT2D eigenvalue weighted by molar-refractivity contribution is -0.116. The van der Waals surface area contributed by atoms with Crippen molar-refractivity contribution in [3.63, 3.8) is 0 Å². The van der Waals surface area contributed by atoms with E-state index in [4.69, 9.17) is 5.11 Å². The Morgan fingerprint density at radius 3 is 2.47 bits per heavy atom. The van der Waals surface area contributed by atoms with Gasteiger partial charge in [0, 0.05) is 22.8 Å². The molecule has 1 heterocycles. The van der Waals surface area contributed by atoms with Crippen LogP contribution in [0.1, 0.15) is 47.6 Å². The van der Waals surface area contributed by atoms with Crippen molar-refractivity contribution >= 4 is 18.0 Å². The lowest BCUT2D eigenvalue weighted by atomic mass is 10.1.